The van der Waals surface area contributed by atoms with E-state index in [1.165, 1.54) is 0 Å². The summed E-state index contributed by atoms with van der Waals surface area (Å²) in [6, 6.07) is 0. The molecule has 0 heterocycles. The average Bonchev–Trinajstić information content (AvgIpc) is 2.49. The molecule has 0 radical (unpaired) electrons. The van der Waals surface area contributed by atoms with E-state index in [1.807, 2.05) is 27.7 Å². The zero-order chi connectivity index (χ0) is 17.9. The van der Waals surface area contributed by atoms with Crippen LogP contribution in [0.1, 0.15) is 34.1 Å². The summed E-state index contributed by atoms with van der Waals surface area (Å²) < 4.78 is 21.2. The minimum atomic E-state index is -0.541. The van der Waals surface area contributed by atoms with Gasteiger partial charge >= 0.3 is 11.9 Å². The first-order valence-electron chi connectivity index (χ1n) is 7.61. The Balaban J connectivity index is 3.99. The van der Waals surface area contributed by atoms with Crippen molar-refractivity contribution in [2.45, 2.75) is 45.3 Å². The van der Waals surface area contributed by atoms with Gasteiger partial charge in [0.05, 0.1) is 44.1 Å². The molecule has 0 fully saturated rings. The summed E-state index contributed by atoms with van der Waals surface area (Å²) in [6.07, 6.45) is 0.545. The fourth-order valence-corrected chi connectivity index (χ4v) is 1.48. The summed E-state index contributed by atoms with van der Waals surface area (Å²) in [5.74, 6) is -0.896. The first kappa shape index (κ1) is 21.8. The highest BCUT2D eigenvalue weighted by molar-refractivity contribution is 5.71. The molecule has 0 aliphatic heterocycles. The second kappa shape index (κ2) is 10.5. The van der Waals surface area contributed by atoms with Crippen molar-refractivity contribution in [3.8, 4) is 0 Å². The van der Waals surface area contributed by atoms with Crippen LogP contribution in [0.5, 0.6) is 0 Å². The van der Waals surface area contributed by atoms with E-state index in [-0.39, 0.29) is 32.9 Å². The Kier molecular flexibility index (Phi) is 9.98. The number of ether oxygens (including phenoxy) is 4. The van der Waals surface area contributed by atoms with Gasteiger partial charge in [0.15, 0.2) is 0 Å². The zero-order valence-corrected chi connectivity index (χ0v) is 14.6. The van der Waals surface area contributed by atoms with Crippen LogP contribution in [0, 0.1) is 0 Å². The van der Waals surface area contributed by atoms with Crippen molar-refractivity contribution in [1.82, 2.24) is 0 Å². The minimum Gasteiger partial charge on any atom is -0.465 e. The van der Waals surface area contributed by atoms with E-state index in [0.29, 0.717) is 13.0 Å². The fraction of sp³-hybridized carbons (Fsp3) is 0.867. The highest BCUT2D eigenvalue weighted by Gasteiger charge is 2.25. The molecule has 0 rings (SSSR count). The van der Waals surface area contributed by atoms with Crippen LogP contribution >= 0.6 is 0 Å². The SMILES string of the molecule is CC(C)(CCOC(=O)CN)OCC(C)(C)OCCOC(=O)CN. The molecule has 0 atom stereocenters. The predicted octanol–water partition coefficient (Wildman–Crippen LogP) is -0.0293. The quantitative estimate of drug-likeness (QED) is 0.377. The first-order valence-corrected chi connectivity index (χ1v) is 7.61. The Morgan fingerprint density at radius 3 is 1.83 bits per heavy atom. The van der Waals surface area contributed by atoms with Crippen molar-refractivity contribution >= 4 is 11.9 Å². The summed E-state index contributed by atoms with van der Waals surface area (Å²) >= 11 is 0. The Hall–Kier alpha value is -1.22. The molecule has 4 N–H and O–H groups in total. The second-order valence-corrected chi connectivity index (χ2v) is 6.26. The molecule has 0 aromatic rings. The van der Waals surface area contributed by atoms with Crippen molar-refractivity contribution in [2.75, 3.05) is 39.5 Å². The van der Waals surface area contributed by atoms with Crippen LogP contribution < -0.4 is 11.5 Å². The van der Waals surface area contributed by atoms with E-state index >= 15 is 0 Å². The molecule has 0 aromatic heterocycles. The van der Waals surface area contributed by atoms with Gasteiger partial charge in [-0.2, -0.15) is 0 Å². The lowest BCUT2D eigenvalue weighted by Crippen LogP contribution is -2.38. The molecule has 8 nitrogen and oxygen atoms in total. The summed E-state index contributed by atoms with van der Waals surface area (Å²) in [5.41, 5.74) is 9.28. The number of rotatable bonds is 12. The monoisotopic (exact) mass is 334 g/mol. The van der Waals surface area contributed by atoms with Gasteiger partial charge in [-0.1, -0.05) is 0 Å². The van der Waals surface area contributed by atoms with Gasteiger partial charge in [-0.15, -0.1) is 0 Å². The van der Waals surface area contributed by atoms with Crippen LogP contribution in [0.3, 0.4) is 0 Å². The van der Waals surface area contributed by atoms with Crippen LogP contribution in [-0.2, 0) is 28.5 Å². The van der Waals surface area contributed by atoms with E-state index < -0.39 is 23.1 Å². The maximum atomic E-state index is 11.0. The maximum Gasteiger partial charge on any atom is 0.319 e. The van der Waals surface area contributed by atoms with E-state index in [1.54, 1.807) is 0 Å². The number of esters is 2. The van der Waals surface area contributed by atoms with Crippen molar-refractivity contribution < 1.29 is 28.5 Å². The topological polar surface area (TPSA) is 123 Å². The van der Waals surface area contributed by atoms with Crippen LogP contribution in [0.4, 0.5) is 0 Å². The number of nitrogens with two attached hydrogens (primary N) is 2. The number of hydrogen-bond donors (Lipinski definition) is 2. The standard InChI is InChI=1S/C15H30N2O6/c1-14(2,5-6-20-12(18)9-16)23-11-15(3,4)22-8-7-21-13(19)10-17/h5-11,16-17H2,1-4H3. The van der Waals surface area contributed by atoms with E-state index in [2.05, 4.69) is 0 Å². The van der Waals surface area contributed by atoms with Gasteiger partial charge in [0.1, 0.15) is 6.61 Å². The van der Waals surface area contributed by atoms with Crippen LogP contribution in [0.25, 0.3) is 0 Å². The second-order valence-electron chi connectivity index (χ2n) is 6.26. The van der Waals surface area contributed by atoms with Gasteiger partial charge in [0.2, 0.25) is 0 Å². The first-order chi connectivity index (χ1) is 10.6. The Morgan fingerprint density at radius 1 is 0.783 bits per heavy atom. The van der Waals surface area contributed by atoms with Crippen molar-refractivity contribution in [2.24, 2.45) is 11.5 Å². The highest BCUT2D eigenvalue weighted by atomic mass is 16.6. The van der Waals surface area contributed by atoms with Crippen LogP contribution in [-0.4, -0.2) is 62.7 Å². The molecule has 136 valence electrons. The fourth-order valence-electron chi connectivity index (χ4n) is 1.48. The molecule has 0 saturated heterocycles. The Bertz CT molecular complexity index is 371. The molecule has 0 aromatic carbocycles. The lowest BCUT2D eigenvalue weighted by atomic mass is 10.0. The molecule has 23 heavy (non-hydrogen) atoms. The number of hydrogen-bond acceptors (Lipinski definition) is 8. The Labute approximate surface area is 137 Å². The van der Waals surface area contributed by atoms with Crippen molar-refractivity contribution in [1.29, 1.82) is 0 Å². The largest absolute Gasteiger partial charge is 0.465 e. The third kappa shape index (κ3) is 11.9. The van der Waals surface area contributed by atoms with E-state index in [0.717, 1.165) is 0 Å². The molecule has 0 aliphatic rings. The summed E-state index contributed by atoms with van der Waals surface area (Å²) in [6.45, 7) is 8.30. The molecule has 0 amide bonds. The van der Waals surface area contributed by atoms with E-state index in [9.17, 15) is 9.59 Å². The van der Waals surface area contributed by atoms with Gasteiger partial charge < -0.3 is 30.4 Å². The van der Waals surface area contributed by atoms with Gasteiger partial charge in [0.25, 0.3) is 0 Å². The molecule has 0 spiro atoms. The van der Waals surface area contributed by atoms with E-state index in [4.69, 9.17) is 30.4 Å². The molecule has 0 aliphatic carbocycles. The van der Waals surface area contributed by atoms with Crippen LogP contribution in [0.2, 0.25) is 0 Å². The summed E-state index contributed by atoms with van der Waals surface area (Å²) in [5, 5.41) is 0. The summed E-state index contributed by atoms with van der Waals surface area (Å²) in [4.78, 5) is 21.9. The lowest BCUT2D eigenvalue weighted by molar-refractivity contribution is -0.152. The number of carbonyl (C=O) groups is 2. The van der Waals surface area contributed by atoms with Crippen molar-refractivity contribution in [3.63, 3.8) is 0 Å². The normalized spacial score (nSPS) is 12.1. The average molecular weight is 334 g/mol. The zero-order valence-electron chi connectivity index (χ0n) is 14.6. The predicted molar refractivity (Wildman–Crippen MR) is 84.7 cm³/mol. The molecule has 0 saturated carbocycles. The van der Waals surface area contributed by atoms with Gasteiger partial charge in [-0.05, 0) is 27.7 Å². The lowest BCUT2D eigenvalue weighted by Gasteiger charge is -2.32. The van der Waals surface area contributed by atoms with Crippen LogP contribution in [0.15, 0.2) is 0 Å². The summed E-state index contributed by atoms with van der Waals surface area (Å²) in [7, 11) is 0. The minimum absolute atomic E-state index is 0.128. The van der Waals surface area contributed by atoms with Gasteiger partial charge in [-0.3, -0.25) is 9.59 Å². The molecule has 8 heteroatoms. The van der Waals surface area contributed by atoms with Gasteiger partial charge in [0, 0.05) is 6.42 Å². The Morgan fingerprint density at radius 2 is 1.30 bits per heavy atom. The van der Waals surface area contributed by atoms with Crippen molar-refractivity contribution in [3.05, 3.63) is 0 Å². The maximum absolute atomic E-state index is 11.0. The smallest absolute Gasteiger partial charge is 0.319 e. The molecular weight excluding hydrogens is 304 g/mol. The molecule has 0 bridgehead atoms. The third-order valence-electron chi connectivity index (χ3n) is 2.95. The van der Waals surface area contributed by atoms with Gasteiger partial charge in [-0.25, -0.2) is 0 Å². The molecular formula is C15H30N2O6. The highest BCUT2D eigenvalue weighted by Crippen LogP contribution is 2.19. The third-order valence-corrected chi connectivity index (χ3v) is 2.95. The number of carbonyl (C=O) groups excluding carboxylic acids is 2. The molecule has 0 unspecified atom stereocenters.